The van der Waals surface area contributed by atoms with Crippen LogP contribution in [0.2, 0.25) is 5.02 Å². The highest BCUT2D eigenvalue weighted by molar-refractivity contribution is 6.34. The van der Waals surface area contributed by atoms with Crippen LogP contribution < -0.4 is 4.90 Å². The Balaban J connectivity index is 1.50. The van der Waals surface area contributed by atoms with Gasteiger partial charge in [-0.1, -0.05) is 92.2 Å². The molecule has 10 nitrogen and oxygen atoms in total. The predicted molar refractivity (Wildman–Crippen MR) is 189 cm³/mol. The third kappa shape index (κ3) is 6.15. The molecule has 2 saturated heterocycles. The number of hydrogen-bond acceptors (Lipinski definition) is 7. The van der Waals surface area contributed by atoms with Crippen LogP contribution in [-0.4, -0.2) is 88.6 Å². The zero-order chi connectivity index (χ0) is 35.9. The summed E-state index contributed by atoms with van der Waals surface area (Å²) in [6, 6.07) is 12.2. The Bertz CT molecular complexity index is 1680. The van der Waals surface area contributed by atoms with Crippen molar-refractivity contribution in [3.05, 3.63) is 89.0 Å². The molecule has 4 aliphatic rings. The van der Waals surface area contributed by atoms with Crippen LogP contribution in [0.5, 0.6) is 0 Å². The first kappa shape index (κ1) is 35.8. The number of carbonyl (C=O) groups is 4. The van der Waals surface area contributed by atoms with E-state index in [4.69, 9.17) is 21.1 Å². The maximum Gasteiger partial charge on any atom is 0.313 e. The van der Waals surface area contributed by atoms with Crippen LogP contribution in [0.15, 0.2) is 72.8 Å². The van der Waals surface area contributed by atoms with Crippen LogP contribution in [0.4, 0.5) is 5.69 Å². The van der Waals surface area contributed by atoms with Crippen molar-refractivity contribution in [3.8, 4) is 0 Å². The van der Waals surface area contributed by atoms with Gasteiger partial charge in [0.05, 0.1) is 41.4 Å². The van der Waals surface area contributed by atoms with Crippen molar-refractivity contribution < 1.29 is 33.8 Å². The van der Waals surface area contributed by atoms with Crippen LogP contribution in [0.3, 0.4) is 0 Å². The number of hydrogen-bond donors (Lipinski definition) is 1. The lowest BCUT2D eigenvalue weighted by Crippen LogP contribution is -2.58. The molecule has 1 spiro atoms. The van der Waals surface area contributed by atoms with Gasteiger partial charge in [0.15, 0.2) is 0 Å². The monoisotopic (exact) mass is 703 g/mol. The number of esters is 1. The zero-order valence-electron chi connectivity index (χ0n) is 29.2. The van der Waals surface area contributed by atoms with Crippen LogP contribution in [0.25, 0.3) is 0 Å². The molecule has 50 heavy (non-hydrogen) atoms. The van der Waals surface area contributed by atoms with E-state index in [1.54, 1.807) is 47.2 Å². The highest BCUT2D eigenvalue weighted by Crippen LogP contribution is 2.54. The minimum absolute atomic E-state index is 0.0883. The SMILES string of the molecule is Cc1cccc(Cl)c1N1CC=C[C@@]23O[C@H]4/C=C\CCC(=O)N(C)[C@@H](C)[C@H](c5ccccc5)OC(=O)[C@H]4[C@@H]2C(=O)N([C@@H](CO)CC(C)C)[C@H]3C1=O. The normalized spacial score (nSPS) is 31.4. The molecular weight excluding hydrogens is 658 g/mol. The Hall–Kier alpha value is -3.99. The van der Waals surface area contributed by atoms with Gasteiger partial charge in [0, 0.05) is 20.0 Å². The van der Waals surface area contributed by atoms with E-state index in [9.17, 15) is 19.5 Å². The number of aryl methyl sites for hydroxylation is 1. The van der Waals surface area contributed by atoms with E-state index < -0.39 is 65.6 Å². The first-order chi connectivity index (χ1) is 23.9. The summed E-state index contributed by atoms with van der Waals surface area (Å²) < 4.78 is 13.2. The Morgan fingerprint density at radius 1 is 1.02 bits per heavy atom. The average molecular weight is 704 g/mol. The second-order valence-corrected chi connectivity index (χ2v) is 14.7. The number of aliphatic hydroxyl groups is 1. The Morgan fingerprint density at radius 2 is 1.76 bits per heavy atom. The van der Waals surface area contributed by atoms with Crippen molar-refractivity contribution in [3.63, 3.8) is 0 Å². The van der Waals surface area contributed by atoms with E-state index in [-0.39, 0.29) is 31.4 Å². The molecule has 2 fully saturated rings. The molecule has 0 unspecified atom stereocenters. The fraction of sp³-hybridized carbons (Fsp3) is 0.487. The van der Waals surface area contributed by atoms with Gasteiger partial charge in [-0.15, -0.1) is 0 Å². The molecule has 0 saturated carbocycles. The number of halogens is 1. The molecule has 0 bridgehead atoms. The molecule has 3 amide bonds. The second-order valence-electron chi connectivity index (χ2n) is 14.3. The maximum atomic E-state index is 15.0. The van der Waals surface area contributed by atoms with Gasteiger partial charge in [-0.05, 0) is 49.8 Å². The van der Waals surface area contributed by atoms with Crippen molar-refractivity contribution in [2.45, 2.75) is 82.9 Å². The Kier molecular flexibility index (Phi) is 10.3. The van der Waals surface area contributed by atoms with Gasteiger partial charge >= 0.3 is 5.97 Å². The Morgan fingerprint density at radius 3 is 2.44 bits per heavy atom. The minimum Gasteiger partial charge on any atom is -0.455 e. The number of benzene rings is 2. The summed E-state index contributed by atoms with van der Waals surface area (Å²) in [5, 5.41) is 11.1. The molecule has 1 N–H and O–H groups in total. The van der Waals surface area contributed by atoms with Crippen molar-refractivity contribution in [1.82, 2.24) is 9.80 Å². The first-order valence-corrected chi connectivity index (χ1v) is 17.8. The van der Waals surface area contributed by atoms with E-state index in [1.165, 1.54) is 4.90 Å². The summed E-state index contributed by atoms with van der Waals surface area (Å²) in [4.78, 5) is 62.4. The van der Waals surface area contributed by atoms with Gasteiger partial charge in [-0.25, -0.2) is 0 Å². The number of fused-ring (bicyclic) bond motifs is 2. The second kappa shape index (κ2) is 14.3. The highest BCUT2D eigenvalue weighted by Gasteiger charge is 2.72. The topological polar surface area (TPSA) is 117 Å². The zero-order valence-corrected chi connectivity index (χ0v) is 30.0. The number of cyclic esters (lactones) is 1. The van der Waals surface area contributed by atoms with Gasteiger partial charge in [0.1, 0.15) is 23.7 Å². The number of para-hydroxylation sites is 1. The lowest BCUT2D eigenvalue weighted by Gasteiger charge is -2.39. The van der Waals surface area contributed by atoms with Crippen molar-refractivity contribution in [1.29, 1.82) is 0 Å². The van der Waals surface area contributed by atoms with E-state index in [0.29, 0.717) is 29.1 Å². The van der Waals surface area contributed by atoms with Gasteiger partial charge < -0.3 is 29.3 Å². The average Bonchev–Trinajstić information content (AvgIpc) is 3.48. The number of carbonyl (C=O) groups excluding carboxylic acids is 4. The number of amides is 3. The maximum absolute atomic E-state index is 15.0. The smallest absolute Gasteiger partial charge is 0.313 e. The Labute approximate surface area is 298 Å². The number of allylic oxidation sites excluding steroid dienone is 1. The van der Waals surface area contributed by atoms with Crippen LogP contribution in [-0.2, 0) is 28.7 Å². The van der Waals surface area contributed by atoms with E-state index in [0.717, 1.165) is 5.56 Å². The van der Waals surface area contributed by atoms with E-state index in [1.807, 2.05) is 70.2 Å². The summed E-state index contributed by atoms with van der Waals surface area (Å²) in [5.74, 6) is -3.78. The minimum atomic E-state index is -1.55. The third-order valence-electron chi connectivity index (χ3n) is 10.7. The lowest BCUT2D eigenvalue weighted by atomic mass is 9.77. The van der Waals surface area contributed by atoms with E-state index >= 15 is 4.79 Å². The predicted octanol–water partition coefficient (Wildman–Crippen LogP) is 5.02. The number of likely N-dealkylation sites (tertiary alicyclic amines) is 1. The summed E-state index contributed by atoms with van der Waals surface area (Å²) >= 11 is 6.70. The number of ether oxygens (including phenoxy) is 2. The molecule has 0 aromatic heterocycles. The molecule has 2 aromatic rings. The van der Waals surface area contributed by atoms with Crippen molar-refractivity contribution in [2.75, 3.05) is 25.1 Å². The first-order valence-electron chi connectivity index (χ1n) is 17.4. The standard InChI is InChI=1S/C39H46ClN3O7/c1-23(2)21-27(22-44)43-35-37(47)42(33-24(3)13-11-16-28(33)40)20-12-19-39(35)32(36(43)46)31-29(50-39)17-9-10-18-30(45)41(5)25(4)34(49-38(31)48)26-14-7-6-8-15-26/h6-9,11-17,19,23,25,27,29,31-32,34-35,44H,10,18,20-22H2,1-5H3/b17-9-/t25-,27+,29-,31+,32+,34+,35-,39+/m0/s1. The summed E-state index contributed by atoms with van der Waals surface area (Å²) in [5.41, 5.74) is 0.458. The fourth-order valence-electron chi connectivity index (χ4n) is 8.21. The van der Waals surface area contributed by atoms with Crippen LogP contribution in [0, 0.1) is 24.7 Å². The number of rotatable bonds is 6. The summed E-state index contributed by atoms with van der Waals surface area (Å²) in [7, 11) is 1.70. The van der Waals surface area contributed by atoms with Crippen molar-refractivity contribution in [2.24, 2.45) is 17.8 Å². The summed E-state index contributed by atoms with van der Waals surface area (Å²) in [6.45, 7) is 7.46. The molecule has 6 rings (SSSR count). The number of aliphatic hydroxyl groups excluding tert-OH is 1. The molecule has 11 heteroatoms. The summed E-state index contributed by atoms with van der Waals surface area (Å²) in [6.07, 6.45) is 6.36. The molecule has 8 atom stereocenters. The van der Waals surface area contributed by atoms with Gasteiger partial charge in [-0.3, -0.25) is 19.2 Å². The quantitative estimate of drug-likeness (QED) is 0.332. The molecule has 4 heterocycles. The highest BCUT2D eigenvalue weighted by atomic mass is 35.5. The number of nitrogens with zero attached hydrogens (tertiary/aromatic N) is 3. The fourth-order valence-corrected chi connectivity index (χ4v) is 8.53. The van der Waals surface area contributed by atoms with Gasteiger partial charge in [0.25, 0.3) is 5.91 Å². The van der Waals surface area contributed by atoms with Crippen molar-refractivity contribution >= 4 is 41.0 Å². The largest absolute Gasteiger partial charge is 0.455 e. The molecule has 0 radical (unpaired) electrons. The molecule has 266 valence electrons. The molecule has 0 aliphatic carbocycles. The van der Waals surface area contributed by atoms with Gasteiger partial charge in [0.2, 0.25) is 11.8 Å². The van der Waals surface area contributed by atoms with E-state index in [2.05, 4.69) is 0 Å². The lowest BCUT2D eigenvalue weighted by molar-refractivity contribution is -0.164. The molecular formula is C39H46ClN3O7. The van der Waals surface area contributed by atoms with Crippen LogP contribution >= 0.6 is 11.6 Å². The molecule has 4 aliphatic heterocycles. The molecule has 2 aromatic carbocycles. The third-order valence-corrected chi connectivity index (χ3v) is 11.0. The number of anilines is 1. The van der Waals surface area contributed by atoms with Gasteiger partial charge in [-0.2, -0.15) is 0 Å². The van der Waals surface area contributed by atoms with Crippen LogP contribution in [0.1, 0.15) is 57.3 Å². The number of likely N-dealkylation sites (N-methyl/N-ethyl adjacent to an activating group) is 1.